The van der Waals surface area contributed by atoms with Gasteiger partial charge in [-0.25, -0.2) is 0 Å². The van der Waals surface area contributed by atoms with E-state index < -0.39 is 0 Å². The van der Waals surface area contributed by atoms with E-state index in [0.29, 0.717) is 5.82 Å². The molecule has 0 aliphatic heterocycles. The lowest BCUT2D eigenvalue weighted by molar-refractivity contribution is 0.782. The second-order valence-corrected chi connectivity index (χ2v) is 4.45. The second kappa shape index (κ2) is 3.70. The van der Waals surface area contributed by atoms with E-state index >= 15 is 0 Å². The first-order valence-electron chi connectivity index (χ1n) is 4.64. The second-order valence-electron chi connectivity index (χ2n) is 3.54. The highest BCUT2D eigenvalue weighted by Crippen LogP contribution is 2.26. The molecule has 0 aliphatic rings. The summed E-state index contributed by atoms with van der Waals surface area (Å²) in [7, 11) is 1.84. The Kier molecular flexibility index (Phi) is 2.52. The Balaban J connectivity index is 2.58. The van der Waals surface area contributed by atoms with Crippen molar-refractivity contribution in [3.05, 3.63) is 34.3 Å². The van der Waals surface area contributed by atoms with E-state index in [-0.39, 0.29) is 0 Å². The maximum absolute atomic E-state index is 5.75. The third-order valence-corrected chi connectivity index (χ3v) is 2.88. The van der Waals surface area contributed by atoms with Gasteiger partial charge in [0.2, 0.25) is 0 Å². The third kappa shape index (κ3) is 1.90. The van der Waals surface area contributed by atoms with Crippen molar-refractivity contribution in [2.24, 2.45) is 7.05 Å². The fraction of sp³-hybridized carbons (Fsp3) is 0.182. The summed E-state index contributed by atoms with van der Waals surface area (Å²) < 4.78 is 2.72. The van der Waals surface area contributed by atoms with E-state index in [0.717, 1.165) is 15.7 Å². The molecule has 0 saturated heterocycles. The first-order chi connectivity index (χ1) is 7.08. The maximum atomic E-state index is 5.75. The number of rotatable bonds is 1. The molecule has 0 atom stereocenters. The van der Waals surface area contributed by atoms with Crippen molar-refractivity contribution in [3.63, 3.8) is 0 Å². The topological polar surface area (TPSA) is 43.8 Å². The van der Waals surface area contributed by atoms with Gasteiger partial charge in [-0.05, 0) is 24.6 Å². The number of nitrogens with zero attached hydrogens (tertiary/aromatic N) is 2. The first kappa shape index (κ1) is 10.2. The Hall–Kier alpha value is -1.29. The highest BCUT2D eigenvalue weighted by Gasteiger charge is 2.07. The van der Waals surface area contributed by atoms with Crippen LogP contribution < -0.4 is 5.73 Å². The Morgan fingerprint density at radius 1 is 1.33 bits per heavy atom. The lowest BCUT2D eigenvalue weighted by Gasteiger charge is -2.02. The summed E-state index contributed by atoms with van der Waals surface area (Å²) >= 11 is 3.45. The van der Waals surface area contributed by atoms with Crippen molar-refractivity contribution < 1.29 is 0 Å². The summed E-state index contributed by atoms with van der Waals surface area (Å²) in [5, 5.41) is 4.35. The Labute approximate surface area is 97.0 Å². The van der Waals surface area contributed by atoms with Crippen molar-refractivity contribution in [2.45, 2.75) is 6.92 Å². The SMILES string of the molecule is Cc1ccc(Br)cc1-c1cc(N)n(C)n1. The van der Waals surface area contributed by atoms with Gasteiger partial charge in [0.25, 0.3) is 0 Å². The number of nitrogen functional groups attached to an aromatic ring is 1. The van der Waals surface area contributed by atoms with Crippen LogP contribution in [0.1, 0.15) is 5.56 Å². The van der Waals surface area contributed by atoms with Crippen LogP contribution in [0.2, 0.25) is 0 Å². The third-order valence-electron chi connectivity index (χ3n) is 2.39. The molecular weight excluding hydrogens is 254 g/mol. The zero-order valence-electron chi connectivity index (χ0n) is 8.66. The van der Waals surface area contributed by atoms with Crippen molar-refractivity contribution >= 4 is 21.7 Å². The molecule has 1 aromatic carbocycles. The molecule has 0 radical (unpaired) electrons. The van der Waals surface area contributed by atoms with Crippen LogP contribution in [0.5, 0.6) is 0 Å². The van der Waals surface area contributed by atoms with E-state index in [1.807, 2.05) is 19.2 Å². The number of halogens is 1. The van der Waals surface area contributed by atoms with Gasteiger partial charge in [0.05, 0.1) is 5.69 Å². The summed E-state index contributed by atoms with van der Waals surface area (Å²) in [5.74, 6) is 0.671. The number of hydrogen-bond acceptors (Lipinski definition) is 2. The minimum absolute atomic E-state index is 0.671. The quantitative estimate of drug-likeness (QED) is 0.862. The standard InChI is InChI=1S/C11H12BrN3/c1-7-3-4-8(12)5-9(7)10-6-11(13)15(2)14-10/h3-6H,13H2,1-2H3. The van der Waals surface area contributed by atoms with Gasteiger partial charge in [0.15, 0.2) is 0 Å². The monoisotopic (exact) mass is 265 g/mol. The first-order valence-corrected chi connectivity index (χ1v) is 5.43. The molecule has 0 saturated carbocycles. The van der Waals surface area contributed by atoms with Crippen LogP contribution in [0.4, 0.5) is 5.82 Å². The van der Waals surface area contributed by atoms with Gasteiger partial charge >= 0.3 is 0 Å². The Bertz CT molecular complexity index is 483. The van der Waals surface area contributed by atoms with Crippen molar-refractivity contribution in [1.29, 1.82) is 0 Å². The largest absolute Gasteiger partial charge is 0.384 e. The molecule has 0 aliphatic carbocycles. The van der Waals surface area contributed by atoms with Gasteiger partial charge in [0, 0.05) is 23.2 Å². The molecule has 3 nitrogen and oxygen atoms in total. The van der Waals surface area contributed by atoms with Gasteiger partial charge in [-0.2, -0.15) is 5.10 Å². The number of anilines is 1. The van der Waals surface area contributed by atoms with Crippen molar-refractivity contribution in [3.8, 4) is 11.3 Å². The molecule has 2 aromatic rings. The number of hydrogen-bond donors (Lipinski definition) is 1. The molecule has 1 aromatic heterocycles. The highest BCUT2D eigenvalue weighted by atomic mass is 79.9. The van der Waals surface area contributed by atoms with Gasteiger partial charge in [-0.1, -0.05) is 22.0 Å². The van der Waals surface area contributed by atoms with E-state index in [9.17, 15) is 0 Å². The summed E-state index contributed by atoms with van der Waals surface area (Å²) in [6.07, 6.45) is 0. The molecule has 2 N–H and O–H groups in total. The van der Waals surface area contributed by atoms with E-state index in [4.69, 9.17) is 5.73 Å². The molecule has 0 bridgehead atoms. The minimum Gasteiger partial charge on any atom is -0.384 e. The predicted molar refractivity (Wildman–Crippen MR) is 65.5 cm³/mol. The lowest BCUT2D eigenvalue weighted by atomic mass is 10.1. The molecule has 0 fully saturated rings. The molecule has 0 spiro atoms. The van der Waals surface area contributed by atoms with Crippen LogP contribution in [-0.4, -0.2) is 9.78 Å². The van der Waals surface area contributed by atoms with Gasteiger partial charge in [-0.3, -0.25) is 4.68 Å². The molecule has 1 heterocycles. The molecule has 0 unspecified atom stereocenters. The Morgan fingerprint density at radius 2 is 2.07 bits per heavy atom. The zero-order valence-corrected chi connectivity index (χ0v) is 10.2. The minimum atomic E-state index is 0.671. The van der Waals surface area contributed by atoms with Gasteiger partial charge in [-0.15, -0.1) is 0 Å². The number of nitrogens with two attached hydrogens (primary N) is 1. The smallest absolute Gasteiger partial charge is 0.121 e. The number of aryl methyl sites for hydroxylation is 2. The van der Waals surface area contributed by atoms with Crippen molar-refractivity contribution in [1.82, 2.24) is 9.78 Å². The number of aromatic nitrogens is 2. The molecule has 2 rings (SSSR count). The fourth-order valence-corrected chi connectivity index (χ4v) is 1.84. The molecule has 15 heavy (non-hydrogen) atoms. The van der Waals surface area contributed by atoms with E-state index in [1.165, 1.54) is 5.56 Å². The average molecular weight is 266 g/mol. The fourth-order valence-electron chi connectivity index (χ4n) is 1.48. The van der Waals surface area contributed by atoms with Crippen LogP contribution in [0, 0.1) is 6.92 Å². The van der Waals surface area contributed by atoms with Gasteiger partial charge < -0.3 is 5.73 Å². The normalized spacial score (nSPS) is 10.6. The van der Waals surface area contributed by atoms with Crippen LogP contribution in [0.15, 0.2) is 28.7 Å². The number of benzene rings is 1. The van der Waals surface area contributed by atoms with E-state index in [2.05, 4.69) is 40.1 Å². The van der Waals surface area contributed by atoms with E-state index in [1.54, 1.807) is 4.68 Å². The highest BCUT2D eigenvalue weighted by molar-refractivity contribution is 9.10. The van der Waals surface area contributed by atoms with Crippen LogP contribution in [-0.2, 0) is 7.05 Å². The molecule has 78 valence electrons. The summed E-state index contributed by atoms with van der Waals surface area (Å²) in [4.78, 5) is 0. The van der Waals surface area contributed by atoms with Crippen LogP contribution >= 0.6 is 15.9 Å². The summed E-state index contributed by atoms with van der Waals surface area (Å²) in [6, 6.07) is 8.02. The zero-order chi connectivity index (χ0) is 11.0. The van der Waals surface area contributed by atoms with Crippen molar-refractivity contribution in [2.75, 3.05) is 5.73 Å². The van der Waals surface area contributed by atoms with Gasteiger partial charge in [0.1, 0.15) is 5.82 Å². The average Bonchev–Trinajstić information content (AvgIpc) is 2.51. The predicted octanol–water partition coefficient (Wildman–Crippen LogP) is 2.74. The lowest BCUT2D eigenvalue weighted by Crippen LogP contribution is -1.96. The maximum Gasteiger partial charge on any atom is 0.121 e. The molecule has 0 amide bonds. The van der Waals surface area contributed by atoms with Crippen LogP contribution in [0.25, 0.3) is 11.3 Å². The van der Waals surface area contributed by atoms with Crippen LogP contribution in [0.3, 0.4) is 0 Å². The Morgan fingerprint density at radius 3 is 2.67 bits per heavy atom. The summed E-state index contributed by atoms with van der Waals surface area (Å²) in [5.41, 5.74) is 8.96. The summed E-state index contributed by atoms with van der Waals surface area (Å²) in [6.45, 7) is 2.06. The molecular formula is C11H12BrN3. The molecule has 4 heteroatoms.